The molecule has 0 bridgehead atoms. The number of nitrogens with zero attached hydrogens (tertiary/aromatic N) is 2. The molecule has 2 aliphatic heterocycles. The van der Waals surface area contributed by atoms with Gasteiger partial charge in [0.05, 0.1) is 11.9 Å². The number of aliphatic imine (C=N–C) groups is 1. The van der Waals surface area contributed by atoms with Crippen molar-refractivity contribution < 1.29 is 19.1 Å². The minimum absolute atomic E-state index is 0.0190. The molecule has 7 heteroatoms. The van der Waals surface area contributed by atoms with E-state index in [1.54, 1.807) is 13.0 Å². The number of carbonyl (C=O) groups is 1. The van der Waals surface area contributed by atoms with Crippen LogP contribution in [0.4, 0.5) is 0 Å². The lowest BCUT2D eigenvalue weighted by atomic mass is 9.91. The fraction of sp³-hybridized carbons (Fsp3) is 0.476. The predicted octanol–water partition coefficient (Wildman–Crippen LogP) is 2.70. The second-order valence-electron chi connectivity index (χ2n) is 7.30. The van der Waals surface area contributed by atoms with Crippen LogP contribution in [0.1, 0.15) is 49.0 Å². The van der Waals surface area contributed by atoms with Crippen LogP contribution < -0.4 is 5.43 Å². The number of piperidine rings is 1. The van der Waals surface area contributed by atoms with E-state index < -0.39 is 0 Å². The standard InChI is InChI=1S/C21H24N2O5/c1-3-16(25)23-9-6-13(7-10-23)19-12(2)18(26)14-4-5-15(24)17(20(14)28-19)21-22-8-11-27-21/h4-5,13,24H,3,6-11H2,1-2H3. The van der Waals surface area contributed by atoms with Gasteiger partial charge in [0.25, 0.3) is 0 Å². The number of aromatic hydroxyl groups is 1. The quantitative estimate of drug-likeness (QED) is 0.878. The number of likely N-dealkylation sites (tertiary alicyclic amines) is 1. The Morgan fingerprint density at radius 3 is 2.71 bits per heavy atom. The second kappa shape index (κ2) is 7.30. The first-order valence-electron chi connectivity index (χ1n) is 9.76. The summed E-state index contributed by atoms with van der Waals surface area (Å²) in [6.07, 6.45) is 1.98. The number of phenols is 1. The van der Waals surface area contributed by atoms with Gasteiger partial charge in [0.1, 0.15) is 23.7 Å². The monoisotopic (exact) mass is 384 g/mol. The molecule has 1 aromatic carbocycles. The average molecular weight is 384 g/mol. The minimum Gasteiger partial charge on any atom is -0.507 e. The van der Waals surface area contributed by atoms with Crippen LogP contribution in [0.25, 0.3) is 11.0 Å². The number of carbonyl (C=O) groups excluding carboxylic acids is 1. The lowest BCUT2D eigenvalue weighted by molar-refractivity contribution is -0.131. The highest BCUT2D eigenvalue weighted by Crippen LogP contribution is 2.34. The minimum atomic E-state index is -0.108. The Kier molecular flexibility index (Phi) is 4.83. The van der Waals surface area contributed by atoms with Gasteiger partial charge in [0.15, 0.2) is 11.0 Å². The molecule has 2 aromatic rings. The molecule has 0 saturated carbocycles. The molecule has 1 saturated heterocycles. The van der Waals surface area contributed by atoms with Gasteiger partial charge in [0, 0.05) is 31.0 Å². The first-order valence-corrected chi connectivity index (χ1v) is 9.76. The van der Waals surface area contributed by atoms with Crippen LogP contribution in [0.15, 0.2) is 26.3 Å². The molecule has 2 aliphatic rings. The van der Waals surface area contributed by atoms with Crippen LogP contribution in [0, 0.1) is 6.92 Å². The largest absolute Gasteiger partial charge is 0.507 e. The fourth-order valence-corrected chi connectivity index (χ4v) is 4.05. The summed E-state index contributed by atoms with van der Waals surface area (Å²) in [7, 11) is 0. The normalized spacial score (nSPS) is 17.6. The van der Waals surface area contributed by atoms with Crippen LogP contribution in [-0.4, -0.2) is 48.1 Å². The Balaban J connectivity index is 1.78. The molecule has 28 heavy (non-hydrogen) atoms. The SMILES string of the molecule is CCC(=O)N1CCC(c2oc3c(C4=NCCO4)c(O)ccc3c(=O)c2C)CC1. The van der Waals surface area contributed by atoms with Crippen molar-refractivity contribution in [3.8, 4) is 5.75 Å². The van der Waals surface area contributed by atoms with E-state index in [0.29, 0.717) is 66.4 Å². The van der Waals surface area contributed by atoms with E-state index in [0.717, 1.165) is 12.8 Å². The maximum Gasteiger partial charge on any atom is 0.223 e. The number of fused-ring (bicyclic) bond motifs is 1. The first kappa shape index (κ1) is 18.5. The van der Waals surface area contributed by atoms with Gasteiger partial charge >= 0.3 is 0 Å². The van der Waals surface area contributed by atoms with Crippen molar-refractivity contribution in [3.05, 3.63) is 39.2 Å². The predicted molar refractivity (Wildman–Crippen MR) is 105 cm³/mol. The van der Waals surface area contributed by atoms with Gasteiger partial charge in [-0.1, -0.05) is 6.92 Å². The molecule has 1 aromatic heterocycles. The molecule has 3 heterocycles. The van der Waals surface area contributed by atoms with Gasteiger partial charge < -0.3 is 19.2 Å². The van der Waals surface area contributed by atoms with Crippen molar-refractivity contribution in [2.45, 2.75) is 39.0 Å². The Morgan fingerprint density at radius 2 is 2.07 bits per heavy atom. The number of phenolic OH excluding ortho intramolecular Hbond substituents is 1. The van der Waals surface area contributed by atoms with Gasteiger partial charge in [0.2, 0.25) is 11.8 Å². The summed E-state index contributed by atoms with van der Waals surface area (Å²) < 4.78 is 11.8. The van der Waals surface area contributed by atoms with Crippen molar-refractivity contribution in [2.24, 2.45) is 4.99 Å². The van der Waals surface area contributed by atoms with Crippen molar-refractivity contribution in [1.29, 1.82) is 0 Å². The summed E-state index contributed by atoms with van der Waals surface area (Å²) in [5.74, 6) is 1.13. The maximum atomic E-state index is 13.0. The molecular formula is C21H24N2O5. The highest BCUT2D eigenvalue weighted by molar-refractivity contribution is 6.07. The third-order valence-electron chi connectivity index (χ3n) is 5.62. The van der Waals surface area contributed by atoms with Gasteiger partial charge in [-0.15, -0.1) is 0 Å². The Bertz CT molecular complexity index is 1020. The topological polar surface area (TPSA) is 92.3 Å². The molecule has 0 aliphatic carbocycles. The Morgan fingerprint density at radius 1 is 1.32 bits per heavy atom. The van der Waals surface area contributed by atoms with Crippen molar-refractivity contribution in [3.63, 3.8) is 0 Å². The third kappa shape index (κ3) is 3.04. The summed E-state index contributed by atoms with van der Waals surface area (Å²) in [6.45, 7) is 5.90. The van der Waals surface area contributed by atoms with E-state index in [1.807, 2.05) is 11.8 Å². The van der Waals surface area contributed by atoms with Crippen molar-refractivity contribution in [1.82, 2.24) is 4.90 Å². The fourth-order valence-electron chi connectivity index (χ4n) is 4.05. The molecule has 4 rings (SSSR count). The number of ether oxygens (including phenoxy) is 1. The molecule has 0 radical (unpaired) electrons. The number of hydrogen-bond donors (Lipinski definition) is 1. The van der Waals surface area contributed by atoms with Crippen LogP contribution >= 0.6 is 0 Å². The summed E-state index contributed by atoms with van der Waals surface area (Å²) in [6, 6.07) is 3.06. The lowest BCUT2D eigenvalue weighted by Gasteiger charge is -2.32. The lowest BCUT2D eigenvalue weighted by Crippen LogP contribution is -2.37. The molecule has 1 fully saturated rings. The van der Waals surface area contributed by atoms with E-state index in [2.05, 4.69) is 4.99 Å². The summed E-state index contributed by atoms with van der Waals surface area (Å²) in [5.41, 5.74) is 1.13. The number of rotatable bonds is 3. The molecule has 148 valence electrons. The first-order chi connectivity index (χ1) is 13.5. The number of amides is 1. The van der Waals surface area contributed by atoms with E-state index in [4.69, 9.17) is 9.15 Å². The molecule has 0 unspecified atom stereocenters. The Labute approximate surface area is 162 Å². The molecule has 0 atom stereocenters. The average Bonchev–Trinajstić information content (AvgIpc) is 3.24. The van der Waals surface area contributed by atoms with Crippen molar-refractivity contribution in [2.75, 3.05) is 26.2 Å². The van der Waals surface area contributed by atoms with Gasteiger partial charge in [-0.3, -0.25) is 9.59 Å². The van der Waals surface area contributed by atoms with E-state index >= 15 is 0 Å². The molecule has 1 amide bonds. The van der Waals surface area contributed by atoms with E-state index in [1.165, 1.54) is 6.07 Å². The second-order valence-corrected chi connectivity index (χ2v) is 7.30. The summed E-state index contributed by atoms with van der Waals surface area (Å²) >= 11 is 0. The summed E-state index contributed by atoms with van der Waals surface area (Å²) in [4.78, 5) is 31.1. The molecule has 0 spiro atoms. The maximum absolute atomic E-state index is 13.0. The molecule has 7 nitrogen and oxygen atoms in total. The Hall–Kier alpha value is -2.83. The van der Waals surface area contributed by atoms with Crippen molar-refractivity contribution >= 4 is 22.8 Å². The number of benzene rings is 1. The molecule has 1 N–H and O–H groups in total. The summed E-state index contributed by atoms with van der Waals surface area (Å²) in [5, 5.41) is 10.8. The zero-order chi connectivity index (χ0) is 19.8. The van der Waals surface area contributed by atoms with Gasteiger partial charge in [-0.25, -0.2) is 4.99 Å². The van der Waals surface area contributed by atoms with E-state index in [-0.39, 0.29) is 23.0 Å². The zero-order valence-corrected chi connectivity index (χ0v) is 16.2. The smallest absolute Gasteiger partial charge is 0.223 e. The number of hydrogen-bond acceptors (Lipinski definition) is 6. The van der Waals surface area contributed by atoms with Crippen LogP contribution in [-0.2, 0) is 9.53 Å². The highest BCUT2D eigenvalue weighted by atomic mass is 16.5. The van der Waals surface area contributed by atoms with E-state index in [9.17, 15) is 14.7 Å². The zero-order valence-electron chi connectivity index (χ0n) is 16.2. The highest BCUT2D eigenvalue weighted by Gasteiger charge is 2.29. The van der Waals surface area contributed by atoms with Gasteiger partial charge in [-0.05, 0) is 31.9 Å². The van der Waals surface area contributed by atoms with Crippen LogP contribution in [0.3, 0.4) is 0 Å². The molecular weight excluding hydrogens is 360 g/mol. The van der Waals surface area contributed by atoms with Crippen LogP contribution in [0.2, 0.25) is 0 Å². The third-order valence-corrected chi connectivity index (χ3v) is 5.62. The van der Waals surface area contributed by atoms with Crippen LogP contribution in [0.5, 0.6) is 5.75 Å². The van der Waals surface area contributed by atoms with Gasteiger partial charge in [-0.2, -0.15) is 0 Å².